The van der Waals surface area contributed by atoms with Crippen molar-refractivity contribution in [1.29, 1.82) is 0 Å². The number of nitrogen functional groups attached to an aromatic ring is 1. The summed E-state index contributed by atoms with van der Waals surface area (Å²) in [6.45, 7) is 5.60. The van der Waals surface area contributed by atoms with E-state index in [1.54, 1.807) is 28.6 Å². The molecule has 2 rings (SSSR count). The Balaban J connectivity index is 1.87. The molecule has 1 aromatic carbocycles. The molecule has 1 saturated heterocycles. The summed E-state index contributed by atoms with van der Waals surface area (Å²) in [6, 6.07) is 6.95. The first-order valence-electron chi connectivity index (χ1n) is 7.33. The van der Waals surface area contributed by atoms with Crippen molar-refractivity contribution in [2.24, 2.45) is 11.8 Å². The van der Waals surface area contributed by atoms with E-state index >= 15 is 0 Å². The molecule has 1 aromatic rings. The van der Waals surface area contributed by atoms with Gasteiger partial charge in [0.25, 0.3) is 0 Å². The number of ether oxygens (including phenoxy) is 1. The van der Waals surface area contributed by atoms with Crippen LogP contribution in [0.15, 0.2) is 24.3 Å². The second-order valence-electron chi connectivity index (χ2n) is 6.00. The topological polar surface area (TPSA) is 72.6 Å². The Morgan fingerprint density at radius 1 is 1.19 bits per heavy atom. The van der Waals surface area contributed by atoms with Crippen molar-refractivity contribution in [3.8, 4) is 5.75 Å². The number of piperidine rings is 1. The molecular weight excluding hydrogens is 288 g/mol. The highest BCUT2D eigenvalue weighted by molar-refractivity contribution is 7.89. The summed E-state index contributed by atoms with van der Waals surface area (Å²) in [5.74, 6) is 1.49. The predicted octanol–water partition coefficient (Wildman–Crippen LogP) is 1.96. The third-order valence-electron chi connectivity index (χ3n) is 3.72. The summed E-state index contributed by atoms with van der Waals surface area (Å²) in [6.07, 6.45) is 1.09. The van der Waals surface area contributed by atoms with Gasteiger partial charge in [-0.25, -0.2) is 12.7 Å². The average Bonchev–Trinajstić information content (AvgIpc) is 2.40. The lowest BCUT2D eigenvalue weighted by molar-refractivity contribution is 0.221. The van der Waals surface area contributed by atoms with Gasteiger partial charge in [-0.15, -0.1) is 0 Å². The SMILES string of the molecule is CC1CC(C)CN(S(=O)(=O)CCOc2ccc(N)cc2)C1. The second-order valence-corrected chi connectivity index (χ2v) is 8.09. The van der Waals surface area contributed by atoms with E-state index in [9.17, 15) is 8.42 Å². The van der Waals surface area contributed by atoms with Crippen molar-refractivity contribution < 1.29 is 13.2 Å². The van der Waals surface area contributed by atoms with Gasteiger partial charge in [0.2, 0.25) is 10.0 Å². The molecule has 0 amide bonds. The van der Waals surface area contributed by atoms with Crippen LogP contribution in [0.4, 0.5) is 5.69 Å². The van der Waals surface area contributed by atoms with Crippen LogP contribution in [0.25, 0.3) is 0 Å². The Morgan fingerprint density at radius 3 is 2.33 bits per heavy atom. The summed E-state index contributed by atoms with van der Waals surface area (Å²) >= 11 is 0. The van der Waals surface area contributed by atoms with E-state index in [-0.39, 0.29) is 12.4 Å². The number of hydrogen-bond donors (Lipinski definition) is 1. The minimum Gasteiger partial charge on any atom is -0.492 e. The van der Waals surface area contributed by atoms with E-state index in [1.807, 2.05) is 0 Å². The first-order chi connectivity index (χ1) is 9.87. The van der Waals surface area contributed by atoms with Gasteiger partial charge in [0.1, 0.15) is 12.4 Å². The largest absolute Gasteiger partial charge is 0.492 e. The molecule has 0 bridgehead atoms. The smallest absolute Gasteiger partial charge is 0.217 e. The molecule has 0 aromatic heterocycles. The van der Waals surface area contributed by atoms with Crippen molar-refractivity contribution in [2.75, 3.05) is 31.2 Å². The van der Waals surface area contributed by atoms with Gasteiger partial charge < -0.3 is 10.5 Å². The molecule has 1 aliphatic rings. The maximum Gasteiger partial charge on any atom is 0.217 e. The van der Waals surface area contributed by atoms with Crippen LogP contribution in [0.3, 0.4) is 0 Å². The van der Waals surface area contributed by atoms with Gasteiger partial charge in [0.05, 0.1) is 5.75 Å². The van der Waals surface area contributed by atoms with E-state index in [0.717, 1.165) is 6.42 Å². The van der Waals surface area contributed by atoms with Gasteiger partial charge in [0.15, 0.2) is 0 Å². The van der Waals surface area contributed by atoms with E-state index < -0.39 is 10.0 Å². The summed E-state index contributed by atoms with van der Waals surface area (Å²) in [4.78, 5) is 0. The van der Waals surface area contributed by atoms with Crippen molar-refractivity contribution in [1.82, 2.24) is 4.31 Å². The van der Waals surface area contributed by atoms with Crippen LogP contribution in [0.2, 0.25) is 0 Å². The highest BCUT2D eigenvalue weighted by Gasteiger charge is 2.30. The number of anilines is 1. The van der Waals surface area contributed by atoms with Crippen LogP contribution >= 0.6 is 0 Å². The van der Waals surface area contributed by atoms with Crippen LogP contribution in [-0.2, 0) is 10.0 Å². The number of nitrogens with zero attached hydrogens (tertiary/aromatic N) is 1. The molecule has 2 unspecified atom stereocenters. The van der Waals surface area contributed by atoms with Crippen LogP contribution in [0, 0.1) is 11.8 Å². The summed E-state index contributed by atoms with van der Waals surface area (Å²) < 4.78 is 31.8. The summed E-state index contributed by atoms with van der Waals surface area (Å²) in [7, 11) is -3.24. The van der Waals surface area contributed by atoms with E-state index in [4.69, 9.17) is 10.5 Å². The molecule has 2 N–H and O–H groups in total. The number of benzene rings is 1. The molecule has 0 saturated carbocycles. The zero-order chi connectivity index (χ0) is 15.5. The number of nitrogens with two attached hydrogens (primary N) is 1. The Labute approximate surface area is 127 Å². The first kappa shape index (κ1) is 16.1. The van der Waals surface area contributed by atoms with Crippen LogP contribution in [0.5, 0.6) is 5.75 Å². The Hall–Kier alpha value is -1.27. The molecule has 118 valence electrons. The molecule has 0 spiro atoms. The first-order valence-corrected chi connectivity index (χ1v) is 8.94. The van der Waals surface area contributed by atoms with Gasteiger partial charge in [0, 0.05) is 18.8 Å². The average molecular weight is 312 g/mol. The number of sulfonamides is 1. The number of rotatable bonds is 5. The molecule has 0 radical (unpaired) electrons. The Kier molecular flexibility index (Phi) is 5.11. The molecule has 6 heteroatoms. The van der Waals surface area contributed by atoms with Gasteiger partial charge in [-0.1, -0.05) is 13.8 Å². The van der Waals surface area contributed by atoms with Gasteiger partial charge in [-0.3, -0.25) is 0 Å². The van der Waals surface area contributed by atoms with Gasteiger partial charge in [-0.05, 0) is 42.5 Å². The standard InChI is InChI=1S/C15H24N2O3S/c1-12-9-13(2)11-17(10-12)21(18,19)8-7-20-15-5-3-14(16)4-6-15/h3-6,12-13H,7-11,16H2,1-2H3. The van der Waals surface area contributed by atoms with Crippen molar-refractivity contribution in [2.45, 2.75) is 20.3 Å². The highest BCUT2D eigenvalue weighted by atomic mass is 32.2. The lowest BCUT2D eigenvalue weighted by Gasteiger charge is -2.34. The molecule has 21 heavy (non-hydrogen) atoms. The number of hydrogen-bond acceptors (Lipinski definition) is 4. The fraction of sp³-hybridized carbons (Fsp3) is 0.600. The molecule has 2 atom stereocenters. The minimum absolute atomic E-state index is 0.0107. The predicted molar refractivity (Wildman–Crippen MR) is 84.7 cm³/mol. The highest BCUT2D eigenvalue weighted by Crippen LogP contribution is 2.23. The lowest BCUT2D eigenvalue weighted by atomic mass is 9.94. The Bertz CT molecular complexity index is 547. The minimum atomic E-state index is -3.24. The van der Waals surface area contributed by atoms with E-state index in [0.29, 0.717) is 36.4 Å². The lowest BCUT2D eigenvalue weighted by Crippen LogP contribution is -2.44. The normalized spacial score (nSPS) is 23.9. The van der Waals surface area contributed by atoms with E-state index in [1.165, 1.54) is 0 Å². The van der Waals surface area contributed by atoms with Crippen molar-refractivity contribution in [3.63, 3.8) is 0 Å². The van der Waals surface area contributed by atoms with Gasteiger partial charge >= 0.3 is 0 Å². The molecule has 0 aliphatic carbocycles. The zero-order valence-electron chi connectivity index (χ0n) is 12.7. The zero-order valence-corrected chi connectivity index (χ0v) is 13.5. The van der Waals surface area contributed by atoms with Crippen molar-refractivity contribution in [3.05, 3.63) is 24.3 Å². The maximum atomic E-state index is 12.3. The van der Waals surface area contributed by atoms with Crippen LogP contribution in [-0.4, -0.2) is 38.2 Å². The van der Waals surface area contributed by atoms with Crippen LogP contribution in [0.1, 0.15) is 20.3 Å². The fourth-order valence-corrected chi connectivity index (χ4v) is 4.31. The molecular formula is C15H24N2O3S. The fourth-order valence-electron chi connectivity index (χ4n) is 2.79. The second kappa shape index (κ2) is 6.66. The molecule has 1 aliphatic heterocycles. The van der Waals surface area contributed by atoms with E-state index in [2.05, 4.69) is 13.8 Å². The summed E-state index contributed by atoms with van der Waals surface area (Å²) in [5, 5.41) is 0. The third kappa shape index (κ3) is 4.61. The quantitative estimate of drug-likeness (QED) is 0.844. The van der Waals surface area contributed by atoms with Crippen LogP contribution < -0.4 is 10.5 Å². The molecule has 1 fully saturated rings. The monoisotopic (exact) mass is 312 g/mol. The van der Waals surface area contributed by atoms with Crippen molar-refractivity contribution >= 4 is 15.7 Å². The maximum absolute atomic E-state index is 12.3. The summed E-state index contributed by atoms with van der Waals surface area (Å²) in [5.41, 5.74) is 6.25. The molecule has 5 nitrogen and oxygen atoms in total. The Morgan fingerprint density at radius 2 is 1.76 bits per heavy atom. The molecule has 1 heterocycles. The van der Waals surface area contributed by atoms with Gasteiger partial charge in [-0.2, -0.15) is 0 Å². The third-order valence-corrected chi connectivity index (χ3v) is 5.49.